The van der Waals surface area contributed by atoms with Crippen LogP contribution in [0.2, 0.25) is 0 Å². The van der Waals surface area contributed by atoms with Crippen molar-refractivity contribution in [3.8, 4) is 0 Å². The summed E-state index contributed by atoms with van der Waals surface area (Å²) in [6, 6.07) is 8.39. The molecule has 0 fully saturated rings. The van der Waals surface area contributed by atoms with Gasteiger partial charge in [-0.05, 0) is 31.5 Å². The van der Waals surface area contributed by atoms with Crippen LogP contribution in [0.5, 0.6) is 0 Å². The average Bonchev–Trinajstić information content (AvgIpc) is 2.48. The zero-order valence-corrected chi connectivity index (χ0v) is 13.3. The van der Waals surface area contributed by atoms with E-state index in [0.29, 0.717) is 5.92 Å². The Bertz CT molecular complexity index is 546. The summed E-state index contributed by atoms with van der Waals surface area (Å²) in [5, 5.41) is 3.37. The lowest BCUT2D eigenvalue weighted by atomic mass is 10.2. The molecule has 0 bridgehead atoms. The van der Waals surface area contributed by atoms with Gasteiger partial charge in [0.1, 0.15) is 0 Å². The first-order chi connectivity index (χ1) is 10.1. The van der Waals surface area contributed by atoms with E-state index in [1.165, 1.54) is 5.56 Å². The van der Waals surface area contributed by atoms with Gasteiger partial charge in [0, 0.05) is 19.3 Å². The molecule has 0 radical (unpaired) electrons. The van der Waals surface area contributed by atoms with E-state index in [1.54, 1.807) is 0 Å². The van der Waals surface area contributed by atoms with E-state index in [4.69, 9.17) is 0 Å². The third-order valence-electron chi connectivity index (χ3n) is 3.32. The SMILES string of the molecule is Cc1ccc(N(C)c2cnc(CNCC(C)C)cn2)cc1. The molecule has 0 aliphatic heterocycles. The Balaban J connectivity index is 1.99. The van der Waals surface area contributed by atoms with E-state index in [-0.39, 0.29) is 0 Å². The van der Waals surface area contributed by atoms with Gasteiger partial charge in [-0.2, -0.15) is 0 Å². The molecule has 2 rings (SSSR count). The van der Waals surface area contributed by atoms with Crippen LogP contribution < -0.4 is 10.2 Å². The first-order valence-corrected chi connectivity index (χ1v) is 7.38. The number of aromatic nitrogens is 2. The molecule has 0 amide bonds. The first-order valence-electron chi connectivity index (χ1n) is 7.38. The molecule has 0 aliphatic rings. The fourth-order valence-electron chi connectivity index (χ4n) is 2.00. The van der Waals surface area contributed by atoms with Crippen molar-refractivity contribution in [2.45, 2.75) is 27.3 Å². The molecule has 1 aromatic carbocycles. The van der Waals surface area contributed by atoms with Gasteiger partial charge in [0.15, 0.2) is 5.82 Å². The van der Waals surface area contributed by atoms with E-state index < -0.39 is 0 Å². The molecular formula is C17H24N4. The molecular weight excluding hydrogens is 260 g/mol. The molecule has 1 heterocycles. The van der Waals surface area contributed by atoms with Crippen LogP contribution in [0.25, 0.3) is 0 Å². The summed E-state index contributed by atoms with van der Waals surface area (Å²) in [7, 11) is 2.01. The van der Waals surface area contributed by atoms with Crippen LogP contribution in [-0.4, -0.2) is 23.6 Å². The third-order valence-corrected chi connectivity index (χ3v) is 3.32. The topological polar surface area (TPSA) is 41.1 Å². The van der Waals surface area contributed by atoms with Gasteiger partial charge in [-0.15, -0.1) is 0 Å². The molecule has 4 nitrogen and oxygen atoms in total. The number of hydrogen-bond acceptors (Lipinski definition) is 4. The fraction of sp³-hybridized carbons (Fsp3) is 0.412. The van der Waals surface area contributed by atoms with Gasteiger partial charge in [-0.1, -0.05) is 31.5 Å². The minimum atomic E-state index is 0.643. The van der Waals surface area contributed by atoms with Crippen LogP contribution in [0.1, 0.15) is 25.1 Å². The van der Waals surface area contributed by atoms with Gasteiger partial charge in [0.25, 0.3) is 0 Å². The maximum absolute atomic E-state index is 4.50. The van der Waals surface area contributed by atoms with E-state index in [9.17, 15) is 0 Å². The molecule has 1 aromatic heterocycles. The number of hydrogen-bond donors (Lipinski definition) is 1. The zero-order chi connectivity index (χ0) is 15.2. The van der Waals surface area contributed by atoms with Crippen LogP contribution in [-0.2, 0) is 6.54 Å². The minimum absolute atomic E-state index is 0.643. The lowest BCUT2D eigenvalue weighted by molar-refractivity contribution is 0.547. The van der Waals surface area contributed by atoms with Gasteiger partial charge >= 0.3 is 0 Å². The first kappa shape index (κ1) is 15.4. The van der Waals surface area contributed by atoms with Crippen molar-refractivity contribution in [3.05, 3.63) is 47.9 Å². The van der Waals surface area contributed by atoms with Crippen molar-refractivity contribution in [2.24, 2.45) is 5.92 Å². The molecule has 112 valence electrons. The second-order valence-electron chi connectivity index (χ2n) is 5.79. The predicted octanol–water partition coefficient (Wildman–Crippen LogP) is 3.30. The summed E-state index contributed by atoms with van der Waals surface area (Å²) in [6.45, 7) is 8.23. The van der Waals surface area contributed by atoms with E-state index in [2.05, 4.69) is 60.3 Å². The van der Waals surface area contributed by atoms with Gasteiger partial charge in [0.05, 0.1) is 18.1 Å². The van der Waals surface area contributed by atoms with Crippen LogP contribution in [0.4, 0.5) is 11.5 Å². The maximum atomic E-state index is 4.50. The second-order valence-corrected chi connectivity index (χ2v) is 5.79. The van der Waals surface area contributed by atoms with Gasteiger partial charge in [-0.3, -0.25) is 4.98 Å². The normalized spacial score (nSPS) is 10.9. The maximum Gasteiger partial charge on any atom is 0.151 e. The van der Waals surface area contributed by atoms with Crippen molar-refractivity contribution >= 4 is 11.5 Å². The summed E-state index contributed by atoms with van der Waals surface area (Å²) in [4.78, 5) is 11.0. The van der Waals surface area contributed by atoms with Crippen molar-refractivity contribution in [3.63, 3.8) is 0 Å². The second kappa shape index (κ2) is 7.18. The van der Waals surface area contributed by atoms with Crippen molar-refractivity contribution in [1.29, 1.82) is 0 Å². The molecule has 4 heteroatoms. The summed E-state index contributed by atoms with van der Waals surface area (Å²) >= 11 is 0. The Hall–Kier alpha value is -1.94. The monoisotopic (exact) mass is 284 g/mol. The predicted molar refractivity (Wildman–Crippen MR) is 87.8 cm³/mol. The molecule has 0 saturated heterocycles. The number of nitrogens with zero attached hydrogens (tertiary/aromatic N) is 3. The number of rotatable bonds is 6. The molecule has 0 spiro atoms. The van der Waals surface area contributed by atoms with Crippen molar-refractivity contribution in [2.75, 3.05) is 18.5 Å². The largest absolute Gasteiger partial charge is 0.328 e. The lowest BCUT2D eigenvalue weighted by Gasteiger charge is -2.18. The van der Waals surface area contributed by atoms with E-state index in [1.807, 2.05) is 24.3 Å². The highest BCUT2D eigenvalue weighted by atomic mass is 15.2. The zero-order valence-electron chi connectivity index (χ0n) is 13.3. The summed E-state index contributed by atoms with van der Waals surface area (Å²) in [5.74, 6) is 1.50. The highest BCUT2D eigenvalue weighted by Gasteiger charge is 2.06. The van der Waals surface area contributed by atoms with E-state index in [0.717, 1.165) is 30.3 Å². The van der Waals surface area contributed by atoms with Crippen LogP contribution in [0.15, 0.2) is 36.7 Å². The molecule has 2 aromatic rings. The molecule has 0 saturated carbocycles. The number of nitrogens with one attached hydrogen (secondary N) is 1. The Labute approximate surface area is 127 Å². The quantitative estimate of drug-likeness (QED) is 0.883. The molecule has 1 N–H and O–H groups in total. The average molecular weight is 284 g/mol. The Morgan fingerprint density at radius 1 is 1.10 bits per heavy atom. The highest BCUT2D eigenvalue weighted by Crippen LogP contribution is 2.20. The van der Waals surface area contributed by atoms with Crippen molar-refractivity contribution in [1.82, 2.24) is 15.3 Å². The summed E-state index contributed by atoms with van der Waals surface area (Å²) in [6.07, 6.45) is 3.67. The van der Waals surface area contributed by atoms with E-state index >= 15 is 0 Å². The highest BCUT2D eigenvalue weighted by molar-refractivity contribution is 5.58. The smallest absolute Gasteiger partial charge is 0.151 e. The minimum Gasteiger partial charge on any atom is -0.328 e. The van der Waals surface area contributed by atoms with Crippen LogP contribution >= 0.6 is 0 Å². The van der Waals surface area contributed by atoms with Gasteiger partial charge in [0.2, 0.25) is 0 Å². The summed E-state index contributed by atoms with van der Waals surface area (Å²) in [5.41, 5.74) is 3.34. The van der Waals surface area contributed by atoms with Gasteiger partial charge in [-0.25, -0.2) is 4.98 Å². The Morgan fingerprint density at radius 3 is 2.38 bits per heavy atom. The summed E-state index contributed by atoms with van der Waals surface area (Å²) < 4.78 is 0. The number of benzene rings is 1. The van der Waals surface area contributed by atoms with Gasteiger partial charge < -0.3 is 10.2 Å². The Kier molecular flexibility index (Phi) is 5.28. The fourth-order valence-corrected chi connectivity index (χ4v) is 2.00. The standard InChI is InChI=1S/C17H24N4/c1-13(2)9-18-10-15-11-20-17(12-19-15)21(4)16-7-5-14(3)6-8-16/h5-8,11-13,18H,9-10H2,1-4H3. The van der Waals surface area contributed by atoms with Crippen LogP contribution in [0.3, 0.4) is 0 Å². The molecule has 0 atom stereocenters. The lowest BCUT2D eigenvalue weighted by Crippen LogP contribution is -2.20. The molecule has 0 unspecified atom stereocenters. The molecule has 21 heavy (non-hydrogen) atoms. The Morgan fingerprint density at radius 2 is 1.81 bits per heavy atom. The number of aryl methyl sites for hydroxylation is 1. The van der Waals surface area contributed by atoms with Crippen molar-refractivity contribution < 1.29 is 0 Å². The molecule has 0 aliphatic carbocycles. The number of anilines is 2. The third kappa shape index (κ3) is 4.53. The van der Waals surface area contributed by atoms with Crippen LogP contribution in [0, 0.1) is 12.8 Å².